The molecule has 0 saturated carbocycles. The van der Waals surface area contributed by atoms with E-state index in [1.165, 1.54) is 13.2 Å². The van der Waals surface area contributed by atoms with Crippen LogP contribution in [0.4, 0.5) is 0 Å². The highest BCUT2D eigenvalue weighted by molar-refractivity contribution is 5.96. The molecule has 224 valence electrons. The number of hydrogen-bond donors (Lipinski definition) is 3. The lowest BCUT2D eigenvalue weighted by molar-refractivity contribution is -0.146. The lowest BCUT2D eigenvalue weighted by Crippen LogP contribution is -2.57. The summed E-state index contributed by atoms with van der Waals surface area (Å²) in [5, 5.41) is 23.9. The Hall–Kier alpha value is -3.93. The van der Waals surface area contributed by atoms with Crippen LogP contribution in [0.15, 0.2) is 48.0 Å². The van der Waals surface area contributed by atoms with Crippen molar-refractivity contribution in [3.05, 3.63) is 64.7 Å². The summed E-state index contributed by atoms with van der Waals surface area (Å²) < 4.78 is 22.8. The largest absolute Gasteiger partial charge is 0.497 e. The summed E-state index contributed by atoms with van der Waals surface area (Å²) in [6, 6.07) is 9.75. The van der Waals surface area contributed by atoms with Gasteiger partial charge in [0.25, 0.3) is 5.91 Å². The van der Waals surface area contributed by atoms with Crippen molar-refractivity contribution < 1.29 is 43.5 Å². The molecule has 42 heavy (non-hydrogen) atoms. The molecule has 2 amide bonds. The Bertz CT molecular complexity index is 1350. The van der Waals surface area contributed by atoms with Gasteiger partial charge in [0.2, 0.25) is 5.91 Å². The molecular weight excluding hydrogens is 544 g/mol. The maximum absolute atomic E-state index is 13.9. The Morgan fingerprint density at radius 3 is 2.71 bits per heavy atom. The number of methoxy groups -OCH3 is 2. The van der Waals surface area contributed by atoms with Gasteiger partial charge in [-0.25, -0.2) is 0 Å². The van der Waals surface area contributed by atoms with Crippen molar-refractivity contribution in [2.24, 2.45) is 0 Å². The summed E-state index contributed by atoms with van der Waals surface area (Å²) in [7, 11) is 3.03. The van der Waals surface area contributed by atoms with Crippen LogP contribution in [0, 0.1) is 0 Å². The highest BCUT2D eigenvalue weighted by Crippen LogP contribution is 2.51. The molecule has 11 heteroatoms. The number of nitrogens with one attached hydrogen (secondary N) is 1. The molecule has 0 aromatic heterocycles. The van der Waals surface area contributed by atoms with E-state index in [1.54, 1.807) is 24.2 Å². The summed E-state index contributed by atoms with van der Waals surface area (Å²) in [6.07, 6.45) is 1.23. The van der Waals surface area contributed by atoms with Crippen molar-refractivity contribution >= 4 is 18.1 Å². The smallest absolute Gasteiger partial charge is 0.252 e. The fraction of sp³-hybridized carbons (Fsp3) is 0.452. The molecule has 0 spiro atoms. The van der Waals surface area contributed by atoms with Crippen LogP contribution < -0.4 is 19.5 Å². The van der Waals surface area contributed by atoms with E-state index in [2.05, 4.69) is 5.32 Å². The number of aliphatic hydroxyl groups excluding tert-OH is 2. The monoisotopic (exact) mass is 580 g/mol. The number of hydrogen-bond acceptors (Lipinski definition) is 9. The van der Waals surface area contributed by atoms with Gasteiger partial charge in [0.1, 0.15) is 30.3 Å². The first-order valence-electron chi connectivity index (χ1n) is 14.1. The van der Waals surface area contributed by atoms with Crippen molar-refractivity contribution in [2.75, 3.05) is 40.5 Å². The van der Waals surface area contributed by atoms with Gasteiger partial charge in [0.05, 0.1) is 32.8 Å². The lowest BCUT2D eigenvalue weighted by atomic mass is 9.77. The molecular formula is C31H36N2O9. The normalized spacial score (nSPS) is 24.1. The van der Waals surface area contributed by atoms with E-state index in [-0.39, 0.29) is 31.2 Å². The van der Waals surface area contributed by atoms with Crippen molar-refractivity contribution in [1.29, 1.82) is 0 Å². The Labute approximate surface area is 244 Å². The second-order valence-electron chi connectivity index (χ2n) is 10.5. The SMILES string of the molecule is COc1cccc(CCN(C(=O)C2CCCO2)[C@@H]2C=C(C(=O)NCCO)[C@@H]3c4cc(C=O)cc(OC)c4O[C@@H]3[C@H]2O)c1. The number of carbonyl (C=O) groups is 3. The van der Waals surface area contributed by atoms with Gasteiger partial charge in [-0.05, 0) is 55.2 Å². The Kier molecular flexibility index (Phi) is 9.10. The number of rotatable bonds is 11. The van der Waals surface area contributed by atoms with Gasteiger partial charge in [0.15, 0.2) is 11.5 Å². The van der Waals surface area contributed by atoms with Crippen LogP contribution >= 0.6 is 0 Å². The highest BCUT2D eigenvalue weighted by Gasteiger charge is 2.52. The summed E-state index contributed by atoms with van der Waals surface area (Å²) in [6.45, 7) is 0.457. The van der Waals surface area contributed by atoms with Crippen LogP contribution in [0.3, 0.4) is 0 Å². The molecule has 1 aliphatic carbocycles. The first-order chi connectivity index (χ1) is 20.4. The maximum atomic E-state index is 13.9. The van der Waals surface area contributed by atoms with E-state index in [1.807, 2.05) is 24.3 Å². The van der Waals surface area contributed by atoms with Crippen LogP contribution in [-0.2, 0) is 20.7 Å². The predicted molar refractivity (Wildman–Crippen MR) is 151 cm³/mol. The third kappa shape index (κ3) is 5.72. The molecule has 0 radical (unpaired) electrons. The average Bonchev–Trinajstić information content (AvgIpc) is 3.69. The minimum atomic E-state index is -1.23. The maximum Gasteiger partial charge on any atom is 0.252 e. The van der Waals surface area contributed by atoms with Crippen molar-refractivity contribution in [2.45, 2.75) is 49.5 Å². The summed E-state index contributed by atoms with van der Waals surface area (Å²) >= 11 is 0. The molecule has 5 rings (SSSR count). The van der Waals surface area contributed by atoms with Gasteiger partial charge in [-0.2, -0.15) is 0 Å². The van der Waals surface area contributed by atoms with Gasteiger partial charge in [0, 0.05) is 36.4 Å². The van der Waals surface area contributed by atoms with Gasteiger partial charge in [-0.1, -0.05) is 12.1 Å². The molecule has 11 nitrogen and oxygen atoms in total. The van der Waals surface area contributed by atoms with Crippen LogP contribution in [0.25, 0.3) is 0 Å². The van der Waals surface area contributed by atoms with E-state index in [0.717, 1.165) is 12.0 Å². The van der Waals surface area contributed by atoms with E-state index in [4.69, 9.17) is 18.9 Å². The number of fused-ring (bicyclic) bond motifs is 3. The van der Waals surface area contributed by atoms with Gasteiger partial charge < -0.3 is 39.4 Å². The summed E-state index contributed by atoms with van der Waals surface area (Å²) in [4.78, 5) is 40.6. The fourth-order valence-corrected chi connectivity index (χ4v) is 6.00. The Morgan fingerprint density at radius 2 is 2.02 bits per heavy atom. The van der Waals surface area contributed by atoms with E-state index in [9.17, 15) is 24.6 Å². The molecule has 3 N–H and O–H groups in total. The van der Waals surface area contributed by atoms with Crippen molar-refractivity contribution in [3.8, 4) is 17.2 Å². The molecule has 0 bridgehead atoms. The quantitative estimate of drug-likeness (QED) is 0.336. The zero-order chi connectivity index (χ0) is 29.8. The van der Waals surface area contributed by atoms with E-state index >= 15 is 0 Å². The fourth-order valence-electron chi connectivity index (χ4n) is 6.00. The molecule has 3 aliphatic rings. The molecule has 2 aromatic carbocycles. The lowest BCUT2D eigenvalue weighted by Gasteiger charge is -2.41. The third-order valence-electron chi connectivity index (χ3n) is 8.03. The number of ether oxygens (including phenoxy) is 4. The number of amides is 2. The first kappa shape index (κ1) is 29.6. The molecule has 2 heterocycles. The standard InChI is InChI=1S/C31H36N2O9/c1-39-20-6-3-5-18(13-20)8-10-33(31(38)24-7-4-12-41-24)23-16-22(30(37)32-9-11-34)26-21-14-19(17-35)15-25(40-2)28(21)42-29(26)27(23)36/h3,5-6,13-17,23-24,26-27,29,34,36H,4,7-12H2,1-2H3,(H,32,37)/t23-,24?,26+,27+,29+/m1/s1. The van der Waals surface area contributed by atoms with Gasteiger partial charge in [-0.3, -0.25) is 14.4 Å². The van der Waals surface area contributed by atoms with Crippen LogP contribution in [0.5, 0.6) is 17.2 Å². The number of nitrogens with zero attached hydrogens (tertiary/aromatic N) is 1. The van der Waals surface area contributed by atoms with Crippen LogP contribution in [0.1, 0.15) is 40.2 Å². The number of benzene rings is 2. The highest BCUT2D eigenvalue weighted by atomic mass is 16.5. The van der Waals surface area contributed by atoms with Crippen LogP contribution in [-0.4, -0.2) is 98.1 Å². The zero-order valence-corrected chi connectivity index (χ0v) is 23.7. The minimum absolute atomic E-state index is 0.0145. The Balaban J connectivity index is 1.55. The molecule has 5 atom stereocenters. The summed E-state index contributed by atoms with van der Waals surface area (Å²) in [5.41, 5.74) is 2.05. The first-order valence-corrected chi connectivity index (χ1v) is 14.1. The zero-order valence-electron chi connectivity index (χ0n) is 23.7. The molecule has 1 unspecified atom stereocenters. The second kappa shape index (κ2) is 12.9. The third-order valence-corrected chi connectivity index (χ3v) is 8.03. The average molecular weight is 581 g/mol. The summed E-state index contributed by atoms with van der Waals surface area (Å²) in [5.74, 6) is -0.175. The Morgan fingerprint density at radius 1 is 1.19 bits per heavy atom. The number of carbonyl (C=O) groups excluding carboxylic acids is 3. The van der Waals surface area contributed by atoms with Crippen molar-refractivity contribution in [3.63, 3.8) is 0 Å². The predicted octanol–water partition coefficient (Wildman–Crippen LogP) is 1.39. The van der Waals surface area contributed by atoms with Gasteiger partial charge in [-0.15, -0.1) is 0 Å². The number of aliphatic hydroxyl groups is 2. The number of aldehydes is 1. The molecule has 2 aromatic rings. The topological polar surface area (TPSA) is 144 Å². The minimum Gasteiger partial charge on any atom is -0.497 e. The van der Waals surface area contributed by atoms with E-state index in [0.29, 0.717) is 54.1 Å². The molecule has 1 fully saturated rings. The van der Waals surface area contributed by atoms with Crippen molar-refractivity contribution in [1.82, 2.24) is 10.2 Å². The van der Waals surface area contributed by atoms with Gasteiger partial charge >= 0.3 is 0 Å². The molecule has 1 saturated heterocycles. The van der Waals surface area contributed by atoms with E-state index < -0.39 is 36.2 Å². The van der Waals surface area contributed by atoms with Crippen LogP contribution in [0.2, 0.25) is 0 Å². The second-order valence-corrected chi connectivity index (χ2v) is 10.5. The molecule has 2 aliphatic heterocycles.